The summed E-state index contributed by atoms with van der Waals surface area (Å²) in [5.41, 5.74) is -2.60. The normalized spacial score (nSPS) is 22.4. The third-order valence-electron chi connectivity index (χ3n) is 2.20. The van der Waals surface area contributed by atoms with Gasteiger partial charge in [0.2, 0.25) is 0 Å². The first-order valence-electron chi connectivity index (χ1n) is 3.93. The van der Waals surface area contributed by atoms with Crippen molar-refractivity contribution in [3.63, 3.8) is 0 Å². The van der Waals surface area contributed by atoms with Crippen molar-refractivity contribution in [1.29, 1.82) is 0 Å². The Bertz CT molecular complexity index is 119. The number of aliphatic hydroxyl groups is 3. The van der Waals surface area contributed by atoms with Gasteiger partial charge < -0.3 is 15.3 Å². The monoisotopic (exact) mass is 162 g/mol. The molecule has 0 spiro atoms. The quantitative estimate of drug-likeness (QED) is 0.556. The van der Waals surface area contributed by atoms with Crippen molar-refractivity contribution in [3.8, 4) is 0 Å². The minimum Gasteiger partial charge on any atom is -0.393 e. The highest BCUT2D eigenvalue weighted by Gasteiger charge is 2.40. The summed E-state index contributed by atoms with van der Waals surface area (Å²) >= 11 is 0. The molecule has 0 aliphatic heterocycles. The number of rotatable bonds is 4. The van der Waals surface area contributed by atoms with Crippen LogP contribution in [0.15, 0.2) is 0 Å². The summed E-state index contributed by atoms with van der Waals surface area (Å²) in [4.78, 5) is 0. The first kappa shape index (κ1) is 10.9. The molecule has 0 rings (SSSR count). The topological polar surface area (TPSA) is 60.7 Å². The summed E-state index contributed by atoms with van der Waals surface area (Å²) in [6.45, 7) is 4.47. The fourth-order valence-corrected chi connectivity index (χ4v) is 0.926. The molecule has 0 heterocycles. The van der Waals surface area contributed by atoms with E-state index in [4.69, 9.17) is 5.11 Å². The largest absolute Gasteiger partial charge is 0.393 e. The van der Waals surface area contributed by atoms with E-state index in [0.29, 0.717) is 6.42 Å². The molecule has 68 valence electrons. The number of hydrogen-bond donors (Lipinski definition) is 3. The molecule has 0 aromatic rings. The van der Waals surface area contributed by atoms with Gasteiger partial charge in [0.15, 0.2) is 0 Å². The lowest BCUT2D eigenvalue weighted by atomic mass is 9.83. The Morgan fingerprint density at radius 3 is 1.82 bits per heavy atom. The van der Waals surface area contributed by atoms with Gasteiger partial charge in [0.1, 0.15) is 5.60 Å². The van der Waals surface area contributed by atoms with Crippen LogP contribution in [0.1, 0.15) is 33.6 Å². The van der Waals surface area contributed by atoms with E-state index in [1.165, 1.54) is 13.8 Å². The van der Waals surface area contributed by atoms with Crippen molar-refractivity contribution in [2.24, 2.45) is 0 Å². The van der Waals surface area contributed by atoms with E-state index in [1.54, 1.807) is 0 Å². The molecule has 0 aromatic carbocycles. The molecule has 0 bridgehead atoms. The van der Waals surface area contributed by atoms with Crippen LogP contribution in [0, 0.1) is 0 Å². The molecule has 0 aliphatic rings. The standard InChI is InChI=1S/C8H18O3/c1-4-5-7(2,10)8(3,11)6-9/h9-11H,4-6H2,1-3H3. The van der Waals surface area contributed by atoms with Gasteiger partial charge in [0.25, 0.3) is 0 Å². The van der Waals surface area contributed by atoms with E-state index in [9.17, 15) is 10.2 Å². The lowest BCUT2D eigenvalue weighted by Crippen LogP contribution is -2.52. The van der Waals surface area contributed by atoms with Crippen LogP contribution in [0.25, 0.3) is 0 Å². The average molecular weight is 162 g/mol. The van der Waals surface area contributed by atoms with E-state index < -0.39 is 17.8 Å². The summed E-state index contributed by atoms with van der Waals surface area (Å²) in [5, 5.41) is 27.9. The third-order valence-corrected chi connectivity index (χ3v) is 2.20. The predicted octanol–water partition coefficient (Wildman–Crippen LogP) is 0.281. The van der Waals surface area contributed by atoms with Crippen molar-refractivity contribution < 1.29 is 15.3 Å². The van der Waals surface area contributed by atoms with Gasteiger partial charge in [0, 0.05) is 0 Å². The molecule has 0 radical (unpaired) electrons. The molecule has 3 heteroatoms. The van der Waals surface area contributed by atoms with Gasteiger partial charge in [-0.25, -0.2) is 0 Å². The Morgan fingerprint density at radius 1 is 1.09 bits per heavy atom. The molecule has 2 atom stereocenters. The van der Waals surface area contributed by atoms with Crippen molar-refractivity contribution in [2.75, 3.05) is 6.61 Å². The van der Waals surface area contributed by atoms with E-state index in [0.717, 1.165) is 6.42 Å². The lowest BCUT2D eigenvalue weighted by Gasteiger charge is -2.36. The third kappa shape index (κ3) is 2.43. The van der Waals surface area contributed by atoms with Crippen molar-refractivity contribution in [3.05, 3.63) is 0 Å². The highest BCUT2D eigenvalue weighted by molar-refractivity contribution is 4.92. The molecule has 3 N–H and O–H groups in total. The van der Waals surface area contributed by atoms with Crippen LogP contribution >= 0.6 is 0 Å². The second-order valence-electron chi connectivity index (χ2n) is 3.46. The zero-order valence-corrected chi connectivity index (χ0v) is 7.46. The number of aliphatic hydroxyl groups excluding tert-OH is 1. The molecule has 0 saturated carbocycles. The maximum Gasteiger partial charge on any atom is 0.113 e. The molecule has 2 unspecified atom stereocenters. The van der Waals surface area contributed by atoms with E-state index in [-0.39, 0.29) is 0 Å². The Balaban J connectivity index is 4.26. The van der Waals surface area contributed by atoms with Crippen molar-refractivity contribution >= 4 is 0 Å². The van der Waals surface area contributed by atoms with E-state index in [1.807, 2.05) is 6.92 Å². The van der Waals surface area contributed by atoms with Gasteiger partial charge in [-0.3, -0.25) is 0 Å². The van der Waals surface area contributed by atoms with Crippen LogP contribution < -0.4 is 0 Å². The summed E-state index contributed by atoms with van der Waals surface area (Å²) in [6.07, 6.45) is 1.27. The summed E-state index contributed by atoms with van der Waals surface area (Å²) in [5.74, 6) is 0. The summed E-state index contributed by atoms with van der Waals surface area (Å²) in [7, 11) is 0. The lowest BCUT2D eigenvalue weighted by molar-refractivity contribution is -0.155. The SMILES string of the molecule is CCCC(C)(O)C(C)(O)CO. The van der Waals surface area contributed by atoms with E-state index in [2.05, 4.69) is 0 Å². The van der Waals surface area contributed by atoms with E-state index >= 15 is 0 Å². The van der Waals surface area contributed by atoms with Crippen LogP contribution in [0.2, 0.25) is 0 Å². The molecule has 0 aliphatic carbocycles. The molecule has 0 aromatic heterocycles. The fourth-order valence-electron chi connectivity index (χ4n) is 0.926. The smallest absolute Gasteiger partial charge is 0.113 e. The molecule has 11 heavy (non-hydrogen) atoms. The first-order valence-corrected chi connectivity index (χ1v) is 3.93. The Labute approximate surface area is 67.7 Å². The molecule has 3 nitrogen and oxygen atoms in total. The maximum atomic E-state index is 9.63. The predicted molar refractivity (Wildman–Crippen MR) is 43.2 cm³/mol. The van der Waals surface area contributed by atoms with Crippen LogP contribution in [0.4, 0.5) is 0 Å². The number of hydrogen-bond acceptors (Lipinski definition) is 3. The molecule has 0 fully saturated rings. The Hall–Kier alpha value is -0.120. The maximum absolute atomic E-state index is 9.63. The molecular formula is C8H18O3. The zero-order chi connectivity index (χ0) is 9.12. The zero-order valence-electron chi connectivity index (χ0n) is 7.46. The van der Waals surface area contributed by atoms with Gasteiger partial charge in [-0.1, -0.05) is 13.3 Å². The van der Waals surface area contributed by atoms with Gasteiger partial charge in [-0.05, 0) is 20.3 Å². The second kappa shape index (κ2) is 3.52. The van der Waals surface area contributed by atoms with Crippen molar-refractivity contribution in [2.45, 2.75) is 44.8 Å². The first-order chi connectivity index (χ1) is 4.87. The average Bonchev–Trinajstić information content (AvgIpc) is 1.87. The minimum atomic E-state index is -1.40. The summed E-state index contributed by atoms with van der Waals surface area (Å²) < 4.78 is 0. The van der Waals surface area contributed by atoms with Gasteiger partial charge in [-0.2, -0.15) is 0 Å². The summed E-state index contributed by atoms with van der Waals surface area (Å²) in [6, 6.07) is 0. The Kier molecular flexibility index (Phi) is 3.48. The molecular weight excluding hydrogens is 144 g/mol. The van der Waals surface area contributed by atoms with Crippen LogP contribution in [0.5, 0.6) is 0 Å². The van der Waals surface area contributed by atoms with Crippen molar-refractivity contribution in [1.82, 2.24) is 0 Å². The highest BCUT2D eigenvalue weighted by Crippen LogP contribution is 2.25. The highest BCUT2D eigenvalue weighted by atomic mass is 16.4. The fraction of sp³-hybridized carbons (Fsp3) is 1.00. The Morgan fingerprint density at radius 2 is 1.55 bits per heavy atom. The van der Waals surface area contributed by atoms with Gasteiger partial charge >= 0.3 is 0 Å². The van der Waals surface area contributed by atoms with Crippen LogP contribution in [0.3, 0.4) is 0 Å². The van der Waals surface area contributed by atoms with Crippen LogP contribution in [-0.4, -0.2) is 33.1 Å². The molecule has 0 amide bonds. The minimum absolute atomic E-state index is 0.417. The van der Waals surface area contributed by atoms with Crippen LogP contribution in [-0.2, 0) is 0 Å². The van der Waals surface area contributed by atoms with Gasteiger partial charge in [0.05, 0.1) is 12.2 Å². The second-order valence-corrected chi connectivity index (χ2v) is 3.46. The van der Waals surface area contributed by atoms with Gasteiger partial charge in [-0.15, -0.1) is 0 Å². The molecule has 0 saturated heterocycles.